The van der Waals surface area contributed by atoms with Crippen molar-refractivity contribution in [2.24, 2.45) is 0 Å². The van der Waals surface area contributed by atoms with Crippen molar-refractivity contribution < 1.29 is 17.9 Å². The molecule has 0 atom stereocenters. The standard InChI is InChI=1S/C13H11ClF3N3O/c1-20(8-3-5-9(21-2)6-4-8)11-7-10(14)18-12(19-11)13(15,16)17/h3-7H,1-2H3. The van der Waals surface area contributed by atoms with Crippen molar-refractivity contribution in [3.8, 4) is 5.75 Å². The number of benzene rings is 1. The number of halogens is 4. The monoisotopic (exact) mass is 317 g/mol. The van der Waals surface area contributed by atoms with E-state index >= 15 is 0 Å². The first-order valence-corrected chi connectivity index (χ1v) is 6.18. The molecule has 0 spiro atoms. The lowest BCUT2D eigenvalue weighted by Gasteiger charge is -2.19. The molecule has 2 aromatic rings. The third kappa shape index (κ3) is 3.55. The average Bonchev–Trinajstić information content (AvgIpc) is 2.45. The van der Waals surface area contributed by atoms with Crippen LogP contribution in [0.1, 0.15) is 5.82 Å². The zero-order valence-corrected chi connectivity index (χ0v) is 11.9. The number of aromatic nitrogens is 2. The van der Waals surface area contributed by atoms with Crippen molar-refractivity contribution in [2.75, 3.05) is 19.1 Å². The van der Waals surface area contributed by atoms with Gasteiger partial charge in [0.1, 0.15) is 16.7 Å². The van der Waals surface area contributed by atoms with E-state index in [1.807, 2.05) is 0 Å². The van der Waals surface area contributed by atoms with E-state index in [0.717, 1.165) is 0 Å². The van der Waals surface area contributed by atoms with Gasteiger partial charge in [0.15, 0.2) is 0 Å². The molecule has 0 aliphatic heterocycles. The molecule has 1 aromatic heterocycles. The second-order valence-corrected chi connectivity index (χ2v) is 4.51. The fourth-order valence-corrected chi connectivity index (χ4v) is 1.82. The van der Waals surface area contributed by atoms with Crippen LogP contribution >= 0.6 is 11.6 Å². The van der Waals surface area contributed by atoms with E-state index in [1.54, 1.807) is 31.3 Å². The normalized spacial score (nSPS) is 11.3. The van der Waals surface area contributed by atoms with Crippen molar-refractivity contribution in [2.45, 2.75) is 6.18 Å². The van der Waals surface area contributed by atoms with Gasteiger partial charge < -0.3 is 9.64 Å². The summed E-state index contributed by atoms with van der Waals surface area (Å²) in [6, 6.07) is 8.05. The van der Waals surface area contributed by atoms with Crippen LogP contribution in [0, 0.1) is 0 Å². The molecule has 1 heterocycles. The molecule has 2 rings (SSSR count). The molecule has 1 aromatic carbocycles. The average molecular weight is 318 g/mol. The van der Waals surface area contributed by atoms with Crippen molar-refractivity contribution in [3.63, 3.8) is 0 Å². The first-order chi connectivity index (χ1) is 9.81. The molecule has 8 heteroatoms. The second-order valence-electron chi connectivity index (χ2n) is 4.13. The highest BCUT2D eigenvalue weighted by atomic mass is 35.5. The van der Waals surface area contributed by atoms with Crippen molar-refractivity contribution in [1.29, 1.82) is 0 Å². The lowest BCUT2D eigenvalue weighted by molar-refractivity contribution is -0.144. The second kappa shape index (κ2) is 5.77. The molecule has 21 heavy (non-hydrogen) atoms. The molecular formula is C13H11ClF3N3O. The molecule has 0 radical (unpaired) electrons. The Hall–Kier alpha value is -2.02. The van der Waals surface area contributed by atoms with Gasteiger partial charge in [-0.2, -0.15) is 13.2 Å². The highest BCUT2D eigenvalue weighted by molar-refractivity contribution is 6.29. The van der Waals surface area contributed by atoms with Crippen LogP contribution in [0.5, 0.6) is 5.75 Å². The quantitative estimate of drug-likeness (QED) is 0.804. The Bertz CT molecular complexity index is 632. The van der Waals surface area contributed by atoms with E-state index in [4.69, 9.17) is 16.3 Å². The van der Waals surface area contributed by atoms with E-state index < -0.39 is 12.0 Å². The molecule has 0 saturated carbocycles. The van der Waals surface area contributed by atoms with Crippen molar-refractivity contribution in [3.05, 3.63) is 41.3 Å². The Morgan fingerprint density at radius 3 is 2.29 bits per heavy atom. The van der Waals surface area contributed by atoms with Gasteiger partial charge in [-0.05, 0) is 24.3 Å². The fourth-order valence-electron chi connectivity index (χ4n) is 1.64. The summed E-state index contributed by atoms with van der Waals surface area (Å²) in [6.07, 6.45) is -4.65. The number of nitrogens with zero attached hydrogens (tertiary/aromatic N) is 3. The van der Waals surface area contributed by atoms with E-state index in [1.165, 1.54) is 18.1 Å². The largest absolute Gasteiger partial charge is 0.497 e. The summed E-state index contributed by atoms with van der Waals surface area (Å²) in [7, 11) is 3.11. The van der Waals surface area contributed by atoms with E-state index in [2.05, 4.69) is 9.97 Å². The van der Waals surface area contributed by atoms with Crippen LogP contribution in [0.2, 0.25) is 5.15 Å². The lowest BCUT2D eigenvalue weighted by Crippen LogP contribution is -2.17. The molecule has 0 aliphatic carbocycles. The van der Waals surface area contributed by atoms with E-state index in [0.29, 0.717) is 11.4 Å². The van der Waals surface area contributed by atoms with E-state index in [9.17, 15) is 13.2 Å². The summed E-state index contributed by atoms with van der Waals surface area (Å²) in [5, 5.41) is -0.271. The molecule has 0 N–H and O–H groups in total. The minimum absolute atomic E-state index is 0.0486. The highest BCUT2D eigenvalue weighted by Gasteiger charge is 2.35. The van der Waals surface area contributed by atoms with Crippen LogP contribution in [0.3, 0.4) is 0 Å². The maximum absolute atomic E-state index is 12.7. The first kappa shape index (κ1) is 15.4. The van der Waals surface area contributed by atoms with Gasteiger partial charge in [0.2, 0.25) is 5.82 Å². The van der Waals surface area contributed by atoms with Crippen molar-refractivity contribution >= 4 is 23.1 Å². The van der Waals surface area contributed by atoms with Gasteiger partial charge in [0.05, 0.1) is 7.11 Å². The molecule has 0 bridgehead atoms. The topological polar surface area (TPSA) is 38.2 Å². The predicted molar refractivity (Wildman–Crippen MR) is 73.1 cm³/mol. The highest BCUT2D eigenvalue weighted by Crippen LogP contribution is 2.31. The Morgan fingerprint density at radius 1 is 1.14 bits per heavy atom. The zero-order chi connectivity index (χ0) is 15.6. The van der Waals surface area contributed by atoms with Gasteiger partial charge >= 0.3 is 6.18 Å². The maximum atomic E-state index is 12.7. The number of rotatable bonds is 3. The fraction of sp³-hybridized carbons (Fsp3) is 0.231. The molecule has 0 unspecified atom stereocenters. The Morgan fingerprint density at radius 2 is 1.76 bits per heavy atom. The van der Waals surface area contributed by atoms with Crippen LogP contribution in [-0.4, -0.2) is 24.1 Å². The summed E-state index contributed by atoms with van der Waals surface area (Å²) < 4.78 is 43.1. The molecule has 112 valence electrons. The van der Waals surface area contributed by atoms with E-state index in [-0.39, 0.29) is 11.0 Å². The van der Waals surface area contributed by atoms with Crippen molar-refractivity contribution in [1.82, 2.24) is 9.97 Å². The van der Waals surface area contributed by atoms with Crippen LogP contribution in [-0.2, 0) is 6.18 Å². The molecule has 0 aliphatic rings. The lowest BCUT2D eigenvalue weighted by atomic mass is 10.3. The Balaban J connectivity index is 2.38. The Labute approximate surface area is 124 Å². The third-order valence-corrected chi connectivity index (χ3v) is 2.93. The third-order valence-electron chi connectivity index (χ3n) is 2.74. The predicted octanol–water partition coefficient (Wildman–Crippen LogP) is 3.93. The first-order valence-electron chi connectivity index (χ1n) is 5.81. The van der Waals surface area contributed by atoms with Gasteiger partial charge in [-0.1, -0.05) is 11.6 Å². The summed E-state index contributed by atoms with van der Waals surface area (Å²) >= 11 is 5.64. The number of methoxy groups -OCH3 is 1. The van der Waals surface area contributed by atoms with Crippen LogP contribution in [0.15, 0.2) is 30.3 Å². The summed E-state index contributed by atoms with van der Waals surface area (Å²) in [5.41, 5.74) is 0.638. The minimum atomic E-state index is -4.65. The number of hydrogen-bond donors (Lipinski definition) is 0. The molecule has 4 nitrogen and oxygen atoms in total. The SMILES string of the molecule is COc1ccc(N(C)c2cc(Cl)nc(C(F)(F)F)n2)cc1. The molecular weight excluding hydrogens is 307 g/mol. The number of ether oxygens (including phenoxy) is 1. The van der Waals surface area contributed by atoms with Gasteiger partial charge in [0.25, 0.3) is 0 Å². The summed E-state index contributed by atoms with van der Waals surface area (Å²) in [6.45, 7) is 0. The zero-order valence-electron chi connectivity index (χ0n) is 11.1. The minimum Gasteiger partial charge on any atom is -0.497 e. The molecule has 0 saturated heterocycles. The smallest absolute Gasteiger partial charge is 0.451 e. The Kier molecular flexibility index (Phi) is 4.22. The summed E-state index contributed by atoms with van der Waals surface area (Å²) in [4.78, 5) is 8.16. The molecule has 0 fully saturated rings. The number of alkyl halides is 3. The van der Waals surface area contributed by atoms with Gasteiger partial charge in [-0.15, -0.1) is 0 Å². The van der Waals surface area contributed by atoms with Gasteiger partial charge in [-0.3, -0.25) is 0 Å². The van der Waals surface area contributed by atoms with Gasteiger partial charge in [-0.25, -0.2) is 9.97 Å². The van der Waals surface area contributed by atoms with Crippen LogP contribution in [0.25, 0.3) is 0 Å². The van der Waals surface area contributed by atoms with Crippen LogP contribution in [0.4, 0.5) is 24.7 Å². The molecule has 0 amide bonds. The maximum Gasteiger partial charge on any atom is 0.451 e. The van der Waals surface area contributed by atoms with Gasteiger partial charge in [0, 0.05) is 18.8 Å². The summed E-state index contributed by atoms with van der Waals surface area (Å²) in [5.74, 6) is -0.582. The van der Waals surface area contributed by atoms with Crippen LogP contribution < -0.4 is 9.64 Å². The number of anilines is 2. The number of hydrogen-bond acceptors (Lipinski definition) is 4.